The Labute approximate surface area is 128 Å². The zero-order valence-electron chi connectivity index (χ0n) is 11.7. The number of hydrogen-bond acceptors (Lipinski definition) is 6. The van der Waals surface area contributed by atoms with Crippen LogP contribution in [0.4, 0.5) is 17.5 Å². The van der Waals surface area contributed by atoms with E-state index in [1.54, 1.807) is 12.4 Å². The largest absolute Gasteiger partial charge is 0.378 e. The van der Waals surface area contributed by atoms with Crippen LogP contribution in [0.1, 0.15) is 5.69 Å². The maximum Gasteiger partial charge on any atom is 0.227 e. The number of halogens is 1. The molecule has 2 aromatic rings. The van der Waals surface area contributed by atoms with E-state index in [0.29, 0.717) is 30.0 Å². The third-order valence-electron chi connectivity index (χ3n) is 3.24. The van der Waals surface area contributed by atoms with Crippen molar-refractivity contribution in [2.24, 2.45) is 0 Å². The smallest absolute Gasteiger partial charge is 0.227 e. The molecule has 0 saturated carbocycles. The minimum Gasteiger partial charge on any atom is -0.378 e. The van der Waals surface area contributed by atoms with E-state index in [2.05, 4.69) is 25.2 Å². The normalized spacial score (nSPS) is 15.0. The number of morpholine rings is 1. The molecule has 110 valence electrons. The summed E-state index contributed by atoms with van der Waals surface area (Å²) in [5, 5.41) is 3.74. The maximum absolute atomic E-state index is 6.31. The Balaban J connectivity index is 1.90. The Morgan fingerprint density at radius 3 is 2.62 bits per heavy atom. The molecule has 0 bridgehead atoms. The molecule has 0 radical (unpaired) electrons. The molecule has 0 spiro atoms. The van der Waals surface area contributed by atoms with Crippen molar-refractivity contribution in [1.29, 1.82) is 0 Å². The van der Waals surface area contributed by atoms with Crippen molar-refractivity contribution >= 4 is 29.1 Å². The van der Waals surface area contributed by atoms with Gasteiger partial charge in [-0.1, -0.05) is 11.6 Å². The molecule has 1 fully saturated rings. The maximum atomic E-state index is 6.31. The van der Waals surface area contributed by atoms with E-state index in [9.17, 15) is 0 Å². The molecular formula is C14H16ClN5O. The molecule has 1 N–H and O–H groups in total. The van der Waals surface area contributed by atoms with Crippen LogP contribution in [-0.2, 0) is 4.74 Å². The predicted octanol–water partition coefficient (Wildman–Crippen LogP) is 2.41. The molecule has 0 unspecified atom stereocenters. The monoisotopic (exact) mass is 305 g/mol. The summed E-state index contributed by atoms with van der Waals surface area (Å²) in [6.07, 6.45) is 3.43. The lowest BCUT2D eigenvalue weighted by molar-refractivity contribution is 0.122. The summed E-state index contributed by atoms with van der Waals surface area (Å²) in [4.78, 5) is 15.1. The molecule has 1 aliphatic heterocycles. The predicted molar refractivity (Wildman–Crippen MR) is 82.3 cm³/mol. The third kappa shape index (κ3) is 3.22. The molecule has 6 nitrogen and oxygen atoms in total. The molecule has 0 atom stereocenters. The van der Waals surface area contributed by atoms with Crippen molar-refractivity contribution in [3.05, 3.63) is 35.2 Å². The second kappa shape index (κ2) is 6.24. The summed E-state index contributed by atoms with van der Waals surface area (Å²) in [7, 11) is 0. The zero-order chi connectivity index (χ0) is 14.7. The van der Waals surface area contributed by atoms with Gasteiger partial charge >= 0.3 is 0 Å². The first-order valence-corrected chi connectivity index (χ1v) is 7.16. The number of ether oxygens (including phenoxy) is 1. The lowest BCUT2D eigenvalue weighted by atomic mass is 10.3. The van der Waals surface area contributed by atoms with Crippen molar-refractivity contribution in [1.82, 2.24) is 15.0 Å². The molecule has 1 saturated heterocycles. The van der Waals surface area contributed by atoms with Crippen LogP contribution in [-0.4, -0.2) is 41.3 Å². The van der Waals surface area contributed by atoms with Gasteiger partial charge in [-0.2, -0.15) is 4.98 Å². The van der Waals surface area contributed by atoms with E-state index >= 15 is 0 Å². The van der Waals surface area contributed by atoms with E-state index in [-0.39, 0.29) is 0 Å². The summed E-state index contributed by atoms with van der Waals surface area (Å²) in [5.41, 5.74) is 1.64. The lowest BCUT2D eigenvalue weighted by Crippen LogP contribution is -2.37. The van der Waals surface area contributed by atoms with Crippen LogP contribution in [0.25, 0.3) is 0 Å². The number of rotatable bonds is 3. The van der Waals surface area contributed by atoms with Gasteiger partial charge in [-0.05, 0) is 19.1 Å². The van der Waals surface area contributed by atoms with Gasteiger partial charge in [0.25, 0.3) is 0 Å². The quantitative estimate of drug-likeness (QED) is 0.939. The number of hydrogen-bond donors (Lipinski definition) is 1. The van der Waals surface area contributed by atoms with E-state index in [0.717, 1.165) is 24.5 Å². The topological polar surface area (TPSA) is 63.2 Å². The molecule has 0 aliphatic carbocycles. The minimum absolute atomic E-state index is 0.531. The molecule has 21 heavy (non-hydrogen) atoms. The highest BCUT2D eigenvalue weighted by molar-refractivity contribution is 6.33. The summed E-state index contributed by atoms with van der Waals surface area (Å²) >= 11 is 6.31. The number of aromatic nitrogens is 3. The highest BCUT2D eigenvalue weighted by atomic mass is 35.5. The Morgan fingerprint density at radius 1 is 1.19 bits per heavy atom. The minimum atomic E-state index is 0.531. The molecule has 3 rings (SSSR count). The summed E-state index contributed by atoms with van der Waals surface area (Å²) in [5.74, 6) is 1.29. The number of nitrogens with zero attached hydrogens (tertiary/aromatic N) is 4. The molecule has 0 amide bonds. The van der Waals surface area contributed by atoms with Gasteiger partial charge in [0.15, 0.2) is 5.82 Å². The van der Waals surface area contributed by atoms with Crippen molar-refractivity contribution in [3.8, 4) is 0 Å². The second-order valence-electron chi connectivity index (χ2n) is 4.73. The Hall–Kier alpha value is -1.92. The zero-order valence-corrected chi connectivity index (χ0v) is 12.5. The fourth-order valence-electron chi connectivity index (χ4n) is 2.10. The van der Waals surface area contributed by atoms with Gasteiger partial charge in [0.2, 0.25) is 5.95 Å². The van der Waals surface area contributed by atoms with Crippen molar-refractivity contribution in [2.75, 3.05) is 36.5 Å². The number of anilines is 3. The number of nitrogens with one attached hydrogen (secondary N) is 1. The summed E-state index contributed by atoms with van der Waals surface area (Å²) < 4.78 is 5.36. The van der Waals surface area contributed by atoms with E-state index in [1.807, 2.05) is 19.1 Å². The summed E-state index contributed by atoms with van der Waals surface area (Å²) in [6.45, 7) is 4.84. The fourth-order valence-corrected chi connectivity index (χ4v) is 2.24. The second-order valence-corrected chi connectivity index (χ2v) is 5.11. The Bertz CT molecular complexity index is 616. The van der Waals surface area contributed by atoms with Gasteiger partial charge < -0.3 is 15.0 Å². The van der Waals surface area contributed by atoms with Gasteiger partial charge in [0.05, 0.1) is 18.9 Å². The lowest BCUT2D eigenvalue weighted by Gasteiger charge is -2.27. The van der Waals surface area contributed by atoms with Crippen molar-refractivity contribution in [2.45, 2.75) is 6.92 Å². The first-order chi connectivity index (χ1) is 10.2. The van der Waals surface area contributed by atoms with Gasteiger partial charge in [-0.25, -0.2) is 4.98 Å². The van der Waals surface area contributed by atoms with Crippen molar-refractivity contribution < 1.29 is 4.74 Å². The van der Waals surface area contributed by atoms with Gasteiger partial charge in [0.1, 0.15) is 5.02 Å². The van der Waals surface area contributed by atoms with Gasteiger partial charge in [0, 0.05) is 31.2 Å². The van der Waals surface area contributed by atoms with Crippen LogP contribution < -0.4 is 10.2 Å². The highest BCUT2D eigenvalue weighted by Gasteiger charge is 2.17. The van der Waals surface area contributed by atoms with Crippen LogP contribution >= 0.6 is 11.6 Å². The van der Waals surface area contributed by atoms with E-state index < -0.39 is 0 Å². The van der Waals surface area contributed by atoms with Crippen LogP contribution in [0, 0.1) is 6.92 Å². The number of pyridine rings is 1. The van der Waals surface area contributed by atoms with Crippen LogP contribution in [0.5, 0.6) is 0 Å². The van der Waals surface area contributed by atoms with Crippen molar-refractivity contribution in [3.63, 3.8) is 0 Å². The molecule has 3 heterocycles. The molecule has 1 aliphatic rings. The molecule has 2 aromatic heterocycles. The highest BCUT2D eigenvalue weighted by Crippen LogP contribution is 2.28. The fraction of sp³-hybridized carbons (Fsp3) is 0.357. The van der Waals surface area contributed by atoms with Gasteiger partial charge in [-0.15, -0.1) is 0 Å². The standard InChI is InChI=1S/C14H16ClN5O/c1-10-12(15)13(18-11-2-4-16-5-3-11)19-14(17-10)20-6-8-21-9-7-20/h2-5H,6-9H2,1H3,(H,16,17,18,19). The molecular weight excluding hydrogens is 290 g/mol. The number of aryl methyl sites for hydroxylation is 1. The van der Waals surface area contributed by atoms with E-state index in [1.165, 1.54) is 0 Å². The van der Waals surface area contributed by atoms with Crippen LogP contribution in [0.15, 0.2) is 24.5 Å². The van der Waals surface area contributed by atoms with Gasteiger partial charge in [-0.3, -0.25) is 4.98 Å². The third-order valence-corrected chi connectivity index (χ3v) is 3.69. The average Bonchev–Trinajstić information content (AvgIpc) is 2.53. The van der Waals surface area contributed by atoms with Crippen LogP contribution in [0.2, 0.25) is 5.02 Å². The first kappa shape index (κ1) is 14.0. The summed E-state index contributed by atoms with van der Waals surface area (Å²) in [6, 6.07) is 3.73. The molecule has 0 aromatic carbocycles. The van der Waals surface area contributed by atoms with Crippen LogP contribution in [0.3, 0.4) is 0 Å². The Kier molecular flexibility index (Phi) is 4.17. The first-order valence-electron chi connectivity index (χ1n) is 6.78. The SMILES string of the molecule is Cc1nc(N2CCOCC2)nc(Nc2ccncc2)c1Cl. The molecule has 7 heteroatoms. The van der Waals surface area contributed by atoms with E-state index in [4.69, 9.17) is 16.3 Å². The average molecular weight is 306 g/mol. The Morgan fingerprint density at radius 2 is 1.90 bits per heavy atom.